The predicted molar refractivity (Wildman–Crippen MR) is 38.2 cm³/mol. The Bertz CT molecular complexity index is 87.4. The Hall–Kier alpha value is 0.791. The summed E-state index contributed by atoms with van der Waals surface area (Å²) in [5.74, 6) is 0. The first-order chi connectivity index (χ1) is 4.41. The van der Waals surface area contributed by atoms with Gasteiger partial charge >= 0.3 is 47.0 Å². The van der Waals surface area contributed by atoms with Crippen LogP contribution in [0.4, 0.5) is 0 Å². The minimum Gasteiger partial charge on any atom is -0.0623 e. The van der Waals surface area contributed by atoms with E-state index >= 15 is 0 Å². The van der Waals surface area contributed by atoms with Crippen molar-refractivity contribution in [2.75, 3.05) is 0 Å². The monoisotopic (exact) mass is 240 g/mol. The molecule has 52 valence electrons. The summed E-state index contributed by atoms with van der Waals surface area (Å²) in [4.78, 5) is 0. The average molecular weight is 239 g/mol. The average Bonchev–Trinajstić information content (AvgIpc) is 1.93. The van der Waals surface area contributed by atoms with Crippen molar-refractivity contribution in [2.45, 2.75) is 2.78 Å². The van der Waals surface area contributed by atoms with Gasteiger partial charge in [-0.15, -0.1) is 0 Å². The first kappa shape index (κ1) is 9.79. The van der Waals surface area contributed by atoms with Gasteiger partial charge in [0.1, 0.15) is 0 Å². The summed E-state index contributed by atoms with van der Waals surface area (Å²) < 4.78 is 4.43. The van der Waals surface area contributed by atoms with E-state index < -0.39 is 0 Å². The van der Waals surface area contributed by atoms with Crippen molar-refractivity contribution in [1.29, 1.82) is 0 Å². The zero-order chi connectivity index (χ0) is 6.95. The molecule has 0 saturated carbocycles. The number of hydrogen-bond acceptors (Lipinski definition) is 0. The van der Waals surface area contributed by atoms with Gasteiger partial charge in [-0.2, -0.15) is 0 Å². The molecule has 0 bridgehead atoms. The van der Waals surface area contributed by atoms with Gasteiger partial charge in [0, 0.05) is 0 Å². The van der Waals surface area contributed by atoms with Crippen LogP contribution in [0.15, 0.2) is 36.4 Å². The molecule has 1 heteroatoms. The molecule has 9 heavy (non-hydrogen) atoms. The molecule has 1 aromatic carbocycles. The van der Waals surface area contributed by atoms with Crippen molar-refractivity contribution in [3.8, 4) is 0 Å². The SMILES string of the molecule is C[Xe]C.c1ccccc1. The maximum absolute atomic E-state index is 2.22. The van der Waals surface area contributed by atoms with Crippen LogP contribution in [-0.4, -0.2) is 0 Å². The van der Waals surface area contributed by atoms with Crippen molar-refractivity contribution in [3.63, 3.8) is 0 Å². The normalized spacial score (nSPS) is 7.78. The van der Waals surface area contributed by atoms with Crippen LogP contribution in [0.25, 0.3) is 0 Å². The van der Waals surface area contributed by atoms with E-state index in [0.717, 1.165) is 0 Å². The molecule has 0 N–H and O–H groups in total. The topological polar surface area (TPSA) is 0 Å². The zero-order valence-electron chi connectivity index (χ0n) is 5.82. The van der Waals surface area contributed by atoms with E-state index in [4.69, 9.17) is 0 Å². The van der Waals surface area contributed by atoms with Crippen LogP contribution in [0.1, 0.15) is 0 Å². The largest absolute Gasteiger partial charge is 0.0623 e. The summed E-state index contributed by atoms with van der Waals surface area (Å²) in [6, 6.07) is 12.0. The third-order valence-corrected chi connectivity index (χ3v) is 0.667. The van der Waals surface area contributed by atoms with Gasteiger partial charge in [0.25, 0.3) is 0 Å². The van der Waals surface area contributed by atoms with E-state index in [1.165, 1.54) is 0 Å². The number of rotatable bonds is 0. The molecule has 0 radical (unpaired) electrons. The summed E-state index contributed by atoms with van der Waals surface area (Å²) in [6.45, 7) is 0. The Labute approximate surface area is 82.0 Å². The van der Waals surface area contributed by atoms with Crippen LogP contribution >= 0.6 is 0 Å². The third-order valence-electron chi connectivity index (χ3n) is 0.667. The summed E-state index contributed by atoms with van der Waals surface area (Å²) in [7, 11) is 0. The molecule has 0 atom stereocenters. The second-order valence-electron chi connectivity index (χ2n) is 1.51. The summed E-state index contributed by atoms with van der Waals surface area (Å²) in [6.07, 6.45) is 0. The van der Waals surface area contributed by atoms with Crippen molar-refractivity contribution < 1.29 is 44.2 Å². The number of hydrogen-bond donors (Lipinski definition) is 0. The molecule has 1 aromatic rings. The summed E-state index contributed by atoms with van der Waals surface area (Å²) >= 11 is 0.710. The molecule has 1 rings (SSSR count). The molecule has 0 unspecified atom stereocenters. The van der Waals surface area contributed by atoms with E-state index in [2.05, 4.69) is 2.78 Å². The van der Waals surface area contributed by atoms with Crippen molar-refractivity contribution in [1.82, 2.24) is 0 Å². The fourth-order valence-electron chi connectivity index (χ4n) is 0.385. The Kier molecular flexibility index (Phi) is 9.56. The molecule has 0 amide bonds. The number of benzene rings is 1. The van der Waals surface area contributed by atoms with Crippen molar-refractivity contribution >= 4 is 0 Å². The predicted octanol–water partition coefficient (Wildman–Crippen LogP) is 2.85. The third kappa shape index (κ3) is 8.79. The minimum atomic E-state index is 0.710. The van der Waals surface area contributed by atoms with Gasteiger partial charge in [-0.05, 0) is 0 Å². The van der Waals surface area contributed by atoms with E-state index in [-0.39, 0.29) is 0 Å². The van der Waals surface area contributed by atoms with Gasteiger partial charge < -0.3 is 0 Å². The van der Waals surface area contributed by atoms with E-state index in [0.29, 0.717) is 44.2 Å². The fourth-order valence-corrected chi connectivity index (χ4v) is 0.385. The molecule has 0 fully saturated rings. The van der Waals surface area contributed by atoms with Gasteiger partial charge in [-0.3, -0.25) is 0 Å². The van der Waals surface area contributed by atoms with E-state index in [9.17, 15) is 0 Å². The second kappa shape index (κ2) is 8.79. The van der Waals surface area contributed by atoms with Crippen LogP contribution in [0.5, 0.6) is 0 Å². The van der Waals surface area contributed by atoms with Crippen molar-refractivity contribution in [2.24, 2.45) is 0 Å². The first-order valence-corrected chi connectivity index (χ1v) is 6.74. The maximum atomic E-state index is 2.22. The van der Waals surface area contributed by atoms with Gasteiger partial charge in [0.05, 0.1) is 0 Å². The summed E-state index contributed by atoms with van der Waals surface area (Å²) in [5, 5.41) is 0. The molecule has 0 nitrogen and oxygen atoms in total. The molecule has 0 heterocycles. The smallest absolute Gasteiger partial charge is 0.0623 e. The molecular formula is C8H12Xe. The molecule has 0 aromatic heterocycles. The Morgan fingerprint density at radius 2 is 0.778 bits per heavy atom. The van der Waals surface area contributed by atoms with Gasteiger partial charge in [0.2, 0.25) is 0 Å². The molecule has 0 aliphatic rings. The first-order valence-electron chi connectivity index (χ1n) is 2.71. The van der Waals surface area contributed by atoms with Crippen molar-refractivity contribution in [3.05, 3.63) is 36.4 Å². The fraction of sp³-hybridized carbons (Fsp3) is 0.250. The molecule has 0 spiro atoms. The Morgan fingerprint density at radius 3 is 0.889 bits per heavy atom. The van der Waals surface area contributed by atoms with Crippen LogP contribution in [0.2, 0.25) is 2.78 Å². The quantitative estimate of drug-likeness (QED) is 0.653. The molecule has 0 aliphatic carbocycles. The van der Waals surface area contributed by atoms with Crippen LogP contribution in [-0.2, 0) is 0 Å². The van der Waals surface area contributed by atoms with Crippen LogP contribution in [0, 0.1) is 44.2 Å². The van der Waals surface area contributed by atoms with E-state index in [1.54, 1.807) is 0 Å². The molecule has 0 aliphatic heterocycles. The molecule has 0 saturated heterocycles. The van der Waals surface area contributed by atoms with Gasteiger partial charge in [-0.1, -0.05) is 36.4 Å². The zero-order valence-corrected chi connectivity index (χ0v) is 7.84. The molecular weight excluding hydrogens is 227 g/mol. The second-order valence-corrected chi connectivity index (χ2v) is 3.53. The Morgan fingerprint density at radius 1 is 0.667 bits per heavy atom. The van der Waals surface area contributed by atoms with Gasteiger partial charge in [-0.25, -0.2) is 0 Å². The van der Waals surface area contributed by atoms with E-state index in [1.807, 2.05) is 36.4 Å². The minimum absolute atomic E-state index is 0.710. The van der Waals surface area contributed by atoms with Gasteiger partial charge in [0.15, 0.2) is 0 Å². The maximum Gasteiger partial charge on any atom is -0.0623 e. The van der Waals surface area contributed by atoms with Crippen LogP contribution < -0.4 is 0 Å². The standard InChI is InChI=1S/C6H6.C2H6Xe/c1-2-4-6-5-3-1;1-3-2/h1-6H;1-2H3. The summed E-state index contributed by atoms with van der Waals surface area (Å²) in [5.41, 5.74) is 0. The van der Waals surface area contributed by atoms with Crippen LogP contribution in [0.3, 0.4) is 0 Å². The Balaban J connectivity index is 0.000000187.